The van der Waals surface area contributed by atoms with Crippen molar-refractivity contribution in [3.63, 3.8) is 0 Å². The van der Waals surface area contributed by atoms with Crippen molar-refractivity contribution in [1.29, 1.82) is 0 Å². The predicted molar refractivity (Wildman–Crippen MR) is 65.1 cm³/mol. The molecule has 94 valence electrons. The van der Waals surface area contributed by atoms with Gasteiger partial charge in [0, 0.05) is 4.88 Å². The highest BCUT2D eigenvalue weighted by Gasteiger charge is 2.33. The average molecular weight is 256 g/mol. The fourth-order valence-corrected chi connectivity index (χ4v) is 2.44. The van der Waals surface area contributed by atoms with Gasteiger partial charge in [-0.3, -0.25) is 9.59 Å². The van der Waals surface area contributed by atoms with Crippen LogP contribution in [0, 0.1) is 6.92 Å². The molecule has 17 heavy (non-hydrogen) atoms. The highest BCUT2D eigenvalue weighted by Crippen LogP contribution is 2.28. The van der Waals surface area contributed by atoms with E-state index in [-0.39, 0.29) is 13.2 Å². The van der Waals surface area contributed by atoms with Gasteiger partial charge in [-0.1, -0.05) is 0 Å². The summed E-state index contributed by atoms with van der Waals surface area (Å²) in [7, 11) is 0. The van der Waals surface area contributed by atoms with Gasteiger partial charge >= 0.3 is 11.9 Å². The summed E-state index contributed by atoms with van der Waals surface area (Å²) in [5, 5.41) is 1.84. The first kappa shape index (κ1) is 13.7. The second-order valence-electron chi connectivity index (χ2n) is 3.40. The van der Waals surface area contributed by atoms with Crippen LogP contribution in [-0.4, -0.2) is 25.2 Å². The minimum atomic E-state index is -0.949. The van der Waals surface area contributed by atoms with Gasteiger partial charge in [-0.15, -0.1) is 11.3 Å². The number of aryl methyl sites for hydroxylation is 1. The molecule has 0 atom stereocenters. The maximum absolute atomic E-state index is 11.8. The van der Waals surface area contributed by atoms with E-state index in [4.69, 9.17) is 9.47 Å². The monoisotopic (exact) mass is 256 g/mol. The predicted octanol–water partition coefficient (Wildman–Crippen LogP) is 2.27. The van der Waals surface area contributed by atoms with Crippen molar-refractivity contribution in [2.45, 2.75) is 26.7 Å². The van der Waals surface area contributed by atoms with Gasteiger partial charge in [0.2, 0.25) is 0 Å². The summed E-state index contributed by atoms with van der Waals surface area (Å²) in [4.78, 5) is 24.3. The first-order chi connectivity index (χ1) is 8.11. The Morgan fingerprint density at radius 3 is 2.12 bits per heavy atom. The maximum atomic E-state index is 11.8. The largest absolute Gasteiger partial charge is 0.465 e. The molecule has 0 spiro atoms. The van der Waals surface area contributed by atoms with Crippen molar-refractivity contribution in [2.75, 3.05) is 13.2 Å². The molecule has 0 fully saturated rings. The summed E-state index contributed by atoms with van der Waals surface area (Å²) in [6, 6.07) is 1.87. The second kappa shape index (κ2) is 6.39. The Morgan fingerprint density at radius 2 is 1.76 bits per heavy atom. The molecule has 0 aliphatic heterocycles. The highest BCUT2D eigenvalue weighted by atomic mass is 32.1. The molecule has 0 radical (unpaired) electrons. The standard InChI is InChI=1S/C12H16O4S/c1-4-15-11(13)9(12(14)16-5-2)10-8(3)6-7-17-10/h6-7,9H,4-5H2,1-3H3. The van der Waals surface area contributed by atoms with E-state index >= 15 is 0 Å². The van der Waals surface area contributed by atoms with Crippen LogP contribution in [0.25, 0.3) is 0 Å². The Morgan fingerprint density at radius 1 is 1.24 bits per heavy atom. The maximum Gasteiger partial charge on any atom is 0.325 e. The lowest BCUT2D eigenvalue weighted by atomic mass is 10.1. The van der Waals surface area contributed by atoms with Crippen LogP contribution in [0.4, 0.5) is 0 Å². The molecule has 0 N–H and O–H groups in total. The minimum Gasteiger partial charge on any atom is -0.465 e. The Hall–Kier alpha value is -1.36. The molecular formula is C12H16O4S. The molecule has 1 rings (SSSR count). The molecule has 0 aliphatic rings. The van der Waals surface area contributed by atoms with Crippen LogP contribution in [0.5, 0.6) is 0 Å². The van der Waals surface area contributed by atoms with Gasteiger partial charge in [0.25, 0.3) is 0 Å². The topological polar surface area (TPSA) is 52.6 Å². The number of rotatable bonds is 5. The van der Waals surface area contributed by atoms with Crippen molar-refractivity contribution < 1.29 is 19.1 Å². The molecule has 0 aliphatic carbocycles. The third-order valence-corrected chi connectivity index (χ3v) is 3.29. The molecule has 1 aromatic heterocycles. The normalized spacial score (nSPS) is 10.4. The van der Waals surface area contributed by atoms with Crippen LogP contribution < -0.4 is 0 Å². The Bertz CT molecular complexity index is 379. The number of hydrogen-bond donors (Lipinski definition) is 0. The Labute approximate surface area is 105 Å². The number of esters is 2. The van der Waals surface area contributed by atoms with Gasteiger partial charge in [0.15, 0.2) is 5.92 Å². The van der Waals surface area contributed by atoms with Gasteiger partial charge < -0.3 is 9.47 Å². The molecule has 0 saturated carbocycles. The van der Waals surface area contributed by atoms with E-state index in [0.29, 0.717) is 4.88 Å². The first-order valence-electron chi connectivity index (χ1n) is 5.49. The van der Waals surface area contributed by atoms with E-state index in [9.17, 15) is 9.59 Å². The second-order valence-corrected chi connectivity index (χ2v) is 4.35. The zero-order chi connectivity index (χ0) is 12.8. The van der Waals surface area contributed by atoms with Crippen LogP contribution >= 0.6 is 11.3 Å². The van der Waals surface area contributed by atoms with Crippen molar-refractivity contribution in [3.8, 4) is 0 Å². The number of ether oxygens (including phenoxy) is 2. The van der Waals surface area contributed by atoms with E-state index in [2.05, 4.69) is 0 Å². The molecule has 0 bridgehead atoms. The summed E-state index contributed by atoms with van der Waals surface area (Å²) in [5.41, 5.74) is 0.904. The smallest absolute Gasteiger partial charge is 0.325 e. The van der Waals surface area contributed by atoms with E-state index in [0.717, 1.165) is 5.56 Å². The number of hydrogen-bond acceptors (Lipinski definition) is 5. The van der Waals surface area contributed by atoms with Crippen molar-refractivity contribution in [2.24, 2.45) is 0 Å². The zero-order valence-corrected chi connectivity index (χ0v) is 11.0. The van der Waals surface area contributed by atoms with Gasteiger partial charge in [-0.25, -0.2) is 0 Å². The molecule has 1 heterocycles. The summed E-state index contributed by atoms with van der Waals surface area (Å²) in [6.45, 7) is 5.78. The Kier molecular flexibility index (Phi) is 5.15. The lowest BCUT2D eigenvalue weighted by Gasteiger charge is -2.13. The fourth-order valence-electron chi connectivity index (χ4n) is 1.44. The SMILES string of the molecule is CCOC(=O)C(C(=O)OCC)c1sccc1C. The Balaban J connectivity index is 2.98. The summed E-state index contributed by atoms with van der Waals surface area (Å²) < 4.78 is 9.83. The first-order valence-corrected chi connectivity index (χ1v) is 6.37. The molecular weight excluding hydrogens is 240 g/mol. The summed E-state index contributed by atoms with van der Waals surface area (Å²) >= 11 is 1.36. The highest BCUT2D eigenvalue weighted by molar-refractivity contribution is 7.10. The molecule has 0 aromatic carbocycles. The van der Waals surface area contributed by atoms with Crippen LogP contribution in [0.3, 0.4) is 0 Å². The number of carbonyl (C=O) groups is 2. The number of carbonyl (C=O) groups excluding carboxylic acids is 2. The summed E-state index contributed by atoms with van der Waals surface area (Å²) in [5.74, 6) is -2.04. The molecule has 1 aromatic rings. The van der Waals surface area contributed by atoms with Gasteiger partial charge in [-0.05, 0) is 37.8 Å². The zero-order valence-electron chi connectivity index (χ0n) is 10.2. The molecule has 0 amide bonds. The van der Waals surface area contributed by atoms with Crippen molar-refractivity contribution in [1.82, 2.24) is 0 Å². The fraction of sp³-hybridized carbons (Fsp3) is 0.500. The summed E-state index contributed by atoms with van der Waals surface area (Å²) in [6.07, 6.45) is 0. The van der Waals surface area contributed by atoms with E-state index in [1.807, 2.05) is 18.4 Å². The molecule has 0 unspecified atom stereocenters. The third-order valence-electron chi connectivity index (χ3n) is 2.21. The molecule has 0 saturated heterocycles. The van der Waals surface area contributed by atoms with Crippen molar-refractivity contribution >= 4 is 23.3 Å². The third kappa shape index (κ3) is 3.30. The van der Waals surface area contributed by atoms with Crippen LogP contribution in [-0.2, 0) is 19.1 Å². The van der Waals surface area contributed by atoms with E-state index < -0.39 is 17.9 Å². The molecule has 5 heteroatoms. The number of thiophene rings is 1. The lowest BCUT2D eigenvalue weighted by molar-refractivity contribution is -0.156. The van der Waals surface area contributed by atoms with E-state index in [1.54, 1.807) is 13.8 Å². The van der Waals surface area contributed by atoms with Gasteiger partial charge in [0.1, 0.15) is 0 Å². The van der Waals surface area contributed by atoms with Crippen molar-refractivity contribution in [3.05, 3.63) is 21.9 Å². The average Bonchev–Trinajstić information content (AvgIpc) is 2.66. The molecule has 4 nitrogen and oxygen atoms in total. The minimum absolute atomic E-state index is 0.249. The van der Waals surface area contributed by atoms with Crippen LogP contribution in [0.2, 0.25) is 0 Å². The lowest BCUT2D eigenvalue weighted by Crippen LogP contribution is -2.26. The van der Waals surface area contributed by atoms with Crippen LogP contribution in [0.15, 0.2) is 11.4 Å². The van der Waals surface area contributed by atoms with E-state index in [1.165, 1.54) is 11.3 Å². The van der Waals surface area contributed by atoms with Crippen LogP contribution in [0.1, 0.15) is 30.2 Å². The van der Waals surface area contributed by atoms with Gasteiger partial charge in [-0.2, -0.15) is 0 Å². The quantitative estimate of drug-likeness (QED) is 0.599. The van der Waals surface area contributed by atoms with Gasteiger partial charge in [0.05, 0.1) is 13.2 Å².